The summed E-state index contributed by atoms with van der Waals surface area (Å²) in [4.78, 5) is 11.3. The number of benzene rings is 1. The summed E-state index contributed by atoms with van der Waals surface area (Å²) in [5.74, 6) is -0.940. The van der Waals surface area contributed by atoms with Gasteiger partial charge in [-0.25, -0.2) is 0 Å². The van der Waals surface area contributed by atoms with Crippen LogP contribution in [0.15, 0.2) is 30.3 Å². The minimum Gasteiger partial charge on any atom is -0.480 e. The van der Waals surface area contributed by atoms with Crippen LogP contribution in [0.2, 0.25) is 0 Å². The molecule has 17 heavy (non-hydrogen) atoms. The van der Waals surface area contributed by atoms with Gasteiger partial charge < -0.3 is 10.2 Å². The molecule has 4 heteroatoms. The third-order valence-electron chi connectivity index (χ3n) is 3.00. The molecule has 2 atom stereocenters. The number of aliphatic hydroxyl groups excluding tert-OH is 1. The van der Waals surface area contributed by atoms with Crippen molar-refractivity contribution in [2.45, 2.75) is 31.8 Å². The zero-order valence-corrected chi connectivity index (χ0v) is 10.2. The molecule has 3 N–H and O–H groups in total. The lowest BCUT2D eigenvalue weighted by atomic mass is 9.96. The second-order valence-electron chi connectivity index (χ2n) is 4.40. The highest BCUT2D eigenvalue weighted by Gasteiger charge is 2.29. The SMILES string of the molecule is CCC(C)(CO)NC(C(=O)O)c1ccccc1. The van der Waals surface area contributed by atoms with Gasteiger partial charge in [-0.15, -0.1) is 0 Å². The van der Waals surface area contributed by atoms with Crippen molar-refractivity contribution in [3.63, 3.8) is 0 Å². The van der Waals surface area contributed by atoms with Gasteiger partial charge in [0.2, 0.25) is 0 Å². The lowest BCUT2D eigenvalue weighted by Gasteiger charge is -2.31. The van der Waals surface area contributed by atoms with Crippen molar-refractivity contribution >= 4 is 5.97 Å². The fourth-order valence-corrected chi connectivity index (χ4v) is 1.54. The van der Waals surface area contributed by atoms with Gasteiger partial charge in [0.05, 0.1) is 6.61 Å². The Hall–Kier alpha value is -1.39. The van der Waals surface area contributed by atoms with Gasteiger partial charge >= 0.3 is 5.97 Å². The molecule has 0 spiro atoms. The molecule has 0 heterocycles. The Labute approximate surface area is 101 Å². The van der Waals surface area contributed by atoms with Crippen molar-refractivity contribution in [3.8, 4) is 0 Å². The maximum absolute atomic E-state index is 11.3. The van der Waals surface area contributed by atoms with E-state index in [2.05, 4.69) is 5.32 Å². The van der Waals surface area contributed by atoms with E-state index in [1.54, 1.807) is 24.3 Å². The molecule has 0 fully saturated rings. The van der Waals surface area contributed by atoms with Gasteiger partial charge in [0.25, 0.3) is 0 Å². The van der Waals surface area contributed by atoms with Crippen LogP contribution in [-0.2, 0) is 4.79 Å². The van der Waals surface area contributed by atoms with E-state index in [1.165, 1.54) is 0 Å². The Balaban J connectivity index is 2.92. The van der Waals surface area contributed by atoms with E-state index in [9.17, 15) is 15.0 Å². The molecule has 0 saturated carbocycles. The Morgan fingerprint density at radius 1 is 1.41 bits per heavy atom. The number of nitrogens with one attached hydrogen (secondary N) is 1. The molecule has 0 amide bonds. The first-order valence-corrected chi connectivity index (χ1v) is 5.68. The maximum Gasteiger partial charge on any atom is 0.325 e. The van der Waals surface area contributed by atoms with E-state index in [4.69, 9.17) is 0 Å². The lowest BCUT2D eigenvalue weighted by Crippen LogP contribution is -2.49. The number of aliphatic hydroxyl groups is 1. The molecule has 0 aliphatic carbocycles. The Morgan fingerprint density at radius 2 is 2.00 bits per heavy atom. The number of hydrogen-bond acceptors (Lipinski definition) is 3. The van der Waals surface area contributed by atoms with Crippen LogP contribution in [0.4, 0.5) is 0 Å². The molecule has 0 aliphatic heterocycles. The van der Waals surface area contributed by atoms with Crippen molar-refractivity contribution in [3.05, 3.63) is 35.9 Å². The van der Waals surface area contributed by atoms with Crippen molar-refractivity contribution in [1.29, 1.82) is 0 Å². The van der Waals surface area contributed by atoms with Crippen LogP contribution in [0.25, 0.3) is 0 Å². The number of carboxylic acids is 1. The summed E-state index contributed by atoms with van der Waals surface area (Å²) in [6, 6.07) is 8.17. The molecule has 0 radical (unpaired) electrons. The van der Waals surface area contributed by atoms with Crippen molar-refractivity contribution < 1.29 is 15.0 Å². The fraction of sp³-hybridized carbons (Fsp3) is 0.462. The molecule has 0 aliphatic rings. The second kappa shape index (κ2) is 5.80. The molecule has 0 saturated heterocycles. The summed E-state index contributed by atoms with van der Waals surface area (Å²) >= 11 is 0. The van der Waals surface area contributed by atoms with Crippen LogP contribution < -0.4 is 5.32 Å². The average Bonchev–Trinajstić information content (AvgIpc) is 2.36. The number of rotatable bonds is 6. The first kappa shape index (κ1) is 13.7. The smallest absolute Gasteiger partial charge is 0.325 e. The molecule has 2 unspecified atom stereocenters. The van der Waals surface area contributed by atoms with E-state index in [0.717, 1.165) is 0 Å². The molecule has 94 valence electrons. The van der Waals surface area contributed by atoms with Gasteiger partial charge in [-0.05, 0) is 18.9 Å². The summed E-state index contributed by atoms with van der Waals surface area (Å²) in [7, 11) is 0. The van der Waals surface area contributed by atoms with Crippen LogP contribution >= 0.6 is 0 Å². The summed E-state index contributed by atoms with van der Waals surface area (Å²) < 4.78 is 0. The first-order chi connectivity index (χ1) is 8.02. The van der Waals surface area contributed by atoms with Crippen molar-refractivity contribution in [2.24, 2.45) is 0 Å². The standard InChI is InChI=1S/C13H19NO3/c1-3-13(2,9-15)14-11(12(16)17)10-7-5-4-6-8-10/h4-8,11,14-15H,3,9H2,1-2H3,(H,16,17). The van der Waals surface area contributed by atoms with E-state index < -0.39 is 17.6 Å². The molecule has 1 aromatic carbocycles. The van der Waals surface area contributed by atoms with E-state index in [-0.39, 0.29) is 6.61 Å². The second-order valence-corrected chi connectivity index (χ2v) is 4.40. The predicted octanol–water partition coefficient (Wildman–Crippen LogP) is 1.56. The topological polar surface area (TPSA) is 69.6 Å². The minimum absolute atomic E-state index is 0.0971. The van der Waals surface area contributed by atoms with Crippen molar-refractivity contribution in [1.82, 2.24) is 5.32 Å². The monoisotopic (exact) mass is 237 g/mol. The first-order valence-electron chi connectivity index (χ1n) is 5.68. The highest BCUT2D eigenvalue weighted by atomic mass is 16.4. The van der Waals surface area contributed by atoms with E-state index in [1.807, 2.05) is 19.9 Å². The molecule has 0 bridgehead atoms. The zero-order valence-electron chi connectivity index (χ0n) is 10.2. The van der Waals surface area contributed by atoms with Gasteiger partial charge in [-0.1, -0.05) is 37.3 Å². The Morgan fingerprint density at radius 3 is 2.41 bits per heavy atom. The van der Waals surface area contributed by atoms with E-state index in [0.29, 0.717) is 12.0 Å². The maximum atomic E-state index is 11.3. The third-order valence-corrected chi connectivity index (χ3v) is 3.00. The minimum atomic E-state index is -0.940. The van der Waals surface area contributed by atoms with Crippen LogP contribution in [0.3, 0.4) is 0 Å². The normalized spacial score (nSPS) is 16.2. The van der Waals surface area contributed by atoms with Crippen LogP contribution in [-0.4, -0.2) is 28.3 Å². The molecule has 1 rings (SSSR count). The largest absolute Gasteiger partial charge is 0.480 e. The molecule has 1 aromatic rings. The number of carbonyl (C=O) groups is 1. The van der Waals surface area contributed by atoms with Gasteiger partial charge in [-0.2, -0.15) is 0 Å². The average molecular weight is 237 g/mol. The van der Waals surface area contributed by atoms with Crippen LogP contribution in [0, 0.1) is 0 Å². The van der Waals surface area contributed by atoms with E-state index >= 15 is 0 Å². The van der Waals surface area contributed by atoms with Crippen LogP contribution in [0.1, 0.15) is 31.9 Å². The molecular weight excluding hydrogens is 218 g/mol. The quantitative estimate of drug-likeness (QED) is 0.702. The molecule has 4 nitrogen and oxygen atoms in total. The number of carboxylic acid groups (broad SMARTS) is 1. The van der Waals surface area contributed by atoms with Crippen LogP contribution in [0.5, 0.6) is 0 Å². The van der Waals surface area contributed by atoms with Gasteiger partial charge in [0.1, 0.15) is 6.04 Å². The Bertz CT molecular complexity index is 360. The lowest BCUT2D eigenvalue weighted by molar-refractivity contribution is -0.140. The Kier molecular flexibility index (Phi) is 4.66. The highest BCUT2D eigenvalue weighted by molar-refractivity contribution is 5.75. The predicted molar refractivity (Wildman–Crippen MR) is 65.7 cm³/mol. The fourth-order valence-electron chi connectivity index (χ4n) is 1.54. The zero-order chi connectivity index (χ0) is 12.9. The van der Waals surface area contributed by atoms with Gasteiger partial charge in [-0.3, -0.25) is 10.1 Å². The highest BCUT2D eigenvalue weighted by Crippen LogP contribution is 2.19. The van der Waals surface area contributed by atoms with Crippen molar-refractivity contribution in [2.75, 3.05) is 6.61 Å². The van der Waals surface area contributed by atoms with Gasteiger partial charge in [0.15, 0.2) is 0 Å². The number of hydrogen-bond donors (Lipinski definition) is 3. The third kappa shape index (κ3) is 3.54. The van der Waals surface area contributed by atoms with Gasteiger partial charge in [0, 0.05) is 5.54 Å². The molecule has 0 aromatic heterocycles. The summed E-state index contributed by atoms with van der Waals surface area (Å²) in [6.45, 7) is 3.62. The summed E-state index contributed by atoms with van der Waals surface area (Å²) in [5, 5.41) is 21.5. The summed E-state index contributed by atoms with van der Waals surface area (Å²) in [6.07, 6.45) is 0.653. The molecular formula is C13H19NO3. The number of aliphatic carboxylic acids is 1. The summed E-state index contributed by atoms with van der Waals surface area (Å²) in [5.41, 5.74) is 0.104.